The van der Waals surface area contributed by atoms with E-state index in [0.29, 0.717) is 31.1 Å². The van der Waals surface area contributed by atoms with E-state index >= 15 is 0 Å². The van der Waals surface area contributed by atoms with Gasteiger partial charge in [-0.3, -0.25) is 4.79 Å². The third-order valence-electron chi connectivity index (χ3n) is 4.48. The normalized spacial score (nSPS) is 15.6. The molecule has 6 heteroatoms. The molecular weight excluding hydrogens is 353 g/mol. The number of hydrogen-bond acceptors (Lipinski definition) is 4. The first kappa shape index (κ1) is 17.2. The molecule has 1 saturated carbocycles. The third kappa shape index (κ3) is 3.96. The summed E-state index contributed by atoms with van der Waals surface area (Å²) in [4.78, 5) is 15.5. The molecule has 2 aromatic rings. The van der Waals surface area contributed by atoms with Crippen molar-refractivity contribution in [1.82, 2.24) is 4.90 Å². The third-order valence-corrected chi connectivity index (χ3v) is 5.46. The van der Waals surface area contributed by atoms with Gasteiger partial charge in [-0.15, -0.1) is 11.8 Å². The molecule has 2 aliphatic rings. The molecule has 0 atom stereocenters. The highest BCUT2D eigenvalue weighted by atomic mass is 32.2. The van der Waals surface area contributed by atoms with Crippen molar-refractivity contribution < 1.29 is 18.7 Å². The SMILES string of the molecule is O=C(CSc1ccc2c(c1)OCCO2)N(Cc1ccccc1F)C1CC1. The highest BCUT2D eigenvalue weighted by Gasteiger charge is 2.32. The quantitative estimate of drug-likeness (QED) is 0.721. The number of carbonyl (C=O) groups is 1. The van der Waals surface area contributed by atoms with Crippen LogP contribution in [0.4, 0.5) is 4.39 Å². The van der Waals surface area contributed by atoms with Crippen molar-refractivity contribution in [1.29, 1.82) is 0 Å². The van der Waals surface area contributed by atoms with E-state index in [9.17, 15) is 9.18 Å². The zero-order valence-electron chi connectivity index (χ0n) is 14.3. The van der Waals surface area contributed by atoms with Gasteiger partial charge in [0, 0.05) is 23.0 Å². The molecule has 1 fully saturated rings. The van der Waals surface area contributed by atoms with Gasteiger partial charge < -0.3 is 14.4 Å². The van der Waals surface area contributed by atoms with Crippen LogP contribution in [0.2, 0.25) is 0 Å². The van der Waals surface area contributed by atoms with E-state index in [2.05, 4.69) is 0 Å². The van der Waals surface area contributed by atoms with Crippen molar-refractivity contribution >= 4 is 17.7 Å². The number of amides is 1. The summed E-state index contributed by atoms with van der Waals surface area (Å²) in [6.45, 7) is 1.43. The molecule has 0 saturated heterocycles. The molecule has 0 spiro atoms. The number of fused-ring (bicyclic) bond motifs is 1. The second-order valence-electron chi connectivity index (χ2n) is 6.44. The fraction of sp³-hybridized carbons (Fsp3) is 0.350. The summed E-state index contributed by atoms with van der Waals surface area (Å²) in [6, 6.07) is 12.6. The fourth-order valence-corrected chi connectivity index (χ4v) is 3.77. The van der Waals surface area contributed by atoms with Gasteiger partial charge in [-0.2, -0.15) is 0 Å². The maximum Gasteiger partial charge on any atom is 0.233 e. The summed E-state index contributed by atoms with van der Waals surface area (Å²) < 4.78 is 25.0. The molecule has 0 unspecified atom stereocenters. The number of ether oxygens (including phenoxy) is 2. The minimum absolute atomic E-state index is 0.0376. The van der Waals surface area contributed by atoms with Gasteiger partial charge in [0.15, 0.2) is 11.5 Å². The van der Waals surface area contributed by atoms with Crippen LogP contribution in [-0.2, 0) is 11.3 Å². The Morgan fingerprint density at radius 2 is 1.88 bits per heavy atom. The Morgan fingerprint density at radius 3 is 2.65 bits per heavy atom. The van der Waals surface area contributed by atoms with Crippen LogP contribution in [-0.4, -0.2) is 35.8 Å². The van der Waals surface area contributed by atoms with Gasteiger partial charge in [-0.05, 0) is 37.1 Å². The lowest BCUT2D eigenvalue weighted by Crippen LogP contribution is -2.34. The number of nitrogens with zero attached hydrogens (tertiary/aromatic N) is 1. The van der Waals surface area contributed by atoms with Crippen LogP contribution in [0.3, 0.4) is 0 Å². The Hall–Kier alpha value is -2.21. The minimum Gasteiger partial charge on any atom is -0.486 e. The highest BCUT2D eigenvalue weighted by Crippen LogP contribution is 2.35. The van der Waals surface area contributed by atoms with Crippen LogP contribution < -0.4 is 9.47 Å². The van der Waals surface area contributed by atoms with E-state index in [1.54, 1.807) is 18.2 Å². The maximum absolute atomic E-state index is 13.9. The molecule has 26 heavy (non-hydrogen) atoms. The van der Waals surface area contributed by atoms with Gasteiger partial charge in [0.05, 0.1) is 5.75 Å². The number of carbonyl (C=O) groups excluding carboxylic acids is 1. The van der Waals surface area contributed by atoms with E-state index in [-0.39, 0.29) is 17.8 Å². The van der Waals surface area contributed by atoms with Gasteiger partial charge in [0.1, 0.15) is 19.0 Å². The number of halogens is 1. The van der Waals surface area contributed by atoms with E-state index in [4.69, 9.17) is 9.47 Å². The monoisotopic (exact) mass is 373 g/mol. The van der Waals surface area contributed by atoms with E-state index < -0.39 is 0 Å². The molecule has 1 amide bonds. The predicted molar refractivity (Wildman–Crippen MR) is 98.1 cm³/mol. The van der Waals surface area contributed by atoms with Crippen molar-refractivity contribution in [2.24, 2.45) is 0 Å². The average molecular weight is 373 g/mol. The smallest absolute Gasteiger partial charge is 0.233 e. The van der Waals surface area contributed by atoms with Crippen LogP contribution in [0.5, 0.6) is 11.5 Å². The first-order valence-electron chi connectivity index (χ1n) is 8.76. The van der Waals surface area contributed by atoms with E-state index in [0.717, 1.165) is 29.2 Å². The molecule has 136 valence electrons. The molecule has 0 radical (unpaired) electrons. The summed E-state index contributed by atoms with van der Waals surface area (Å²) in [5, 5.41) is 0. The molecule has 1 aliphatic carbocycles. The van der Waals surface area contributed by atoms with Crippen molar-refractivity contribution in [3.05, 3.63) is 53.8 Å². The van der Waals surface area contributed by atoms with Gasteiger partial charge in [0.25, 0.3) is 0 Å². The van der Waals surface area contributed by atoms with E-state index in [1.165, 1.54) is 17.8 Å². The van der Waals surface area contributed by atoms with Gasteiger partial charge >= 0.3 is 0 Å². The lowest BCUT2D eigenvalue weighted by molar-refractivity contribution is -0.129. The number of hydrogen-bond donors (Lipinski definition) is 0. The molecule has 0 N–H and O–H groups in total. The molecule has 1 heterocycles. The Morgan fingerprint density at radius 1 is 1.12 bits per heavy atom. The first-order valence-corrected chi connectivity index (χ1v) is 9.74. The van der Waals surface area contributed by atoms with Crippen LogP contribution >= 0.6 is 11.8 Å². The molecule has 1 aliphatic heterocycles. The Balaban J connectivity index is 1.40. The van der Waals surface area contributed by atoms with Gasteiger partial charge in [-0.25, -0.2) is 4.39 Å². The number of benzene rings is 2. The lowest BCUT2D eigenvalue weighted by Gasteiger charge is -2.23. The topological polar surface area (TPSA) is 38.8 Å². The molecule has 4 nitrogen and oxygen atoms in total. The largest absolute Gasteiger partial charge is 0.486 e. The summed E-state index contributed by atoms with van der Waals surface area (Å²) in [7, 11) is 0. The fourth-order valence-electron chi connectivity index (χ4n) is 2.96. The lowest BCUT2D eigenvalue weighted by atomic mass is 10.2. The van der Waals surface area contributed by atoms with Crippen LogP contribution in [0.15, 0.2) is 47.4 Å². The van der Waals surface area contributed by atoms with Gasteiger partial charge in [-0.1, -0.05) is 18.2 Å². The average Bonchev–Trinajstić information content (AvgIpc) is 3.50. The Bertz CT molecular complexity index is 809. The molecule has 0 bridgehead atoms. The maximum atomic E-state index is 13.9. The van der Waals surface area contributed by atoms with Crippen molar-refractivity contribution in [3.63, 3.8) is 0 Å². The van der Waals surface area contributed by atoms with Crippen molar-refractivity contribution in [3.8, 4) is 11.5 Å². The zero-order valence-corrected chi connectivity index (χ0v) is 15.1. The molecular formula is C20H20FNO3S. The van der Waals surface area contributed by atoms with Gasteiger partial charge in [0.2, 0.25) is 5.91 Å². The summed E-state index contributed by atoms with van der Waals surface area (Å²) >= 11 is 1.47. The molecule has 4 rings (SSSR count). The molecule has 2 aromatic carbocycles. The molecule has 0 aromatic heterocycles. The number of thioether (sulfide) groups is 1. The predicted octanol–water partition coefficient (Wildman–Crippen LogP) is 3.88. The minimum atomic E-state index is -0.259. The second kappa shape index (κ2) is 7.58. The highest BCUT2D eigenvalue weighted by molar-refractivity contribution is 8.00. The summed E-state index contributed by atoms with van der Waals surface area (Å²) in [5.41, 5.74) is 0.567. The Kier molecular flexibility index (Phi) is 5.02. The second-order valence-corrected chi connectivity index (χ2v) is 7.49. The van der Waals surface area contributed by atoms with Crippen LogP contribution in [0, 0.1) is 5.82 Å². The zero-order chi connectivity index (χ0) is 17.9. The standard InChI is InChI=1S/C20H20FNO3S/c21-17-4-2-1-3-14(17)12-22(15-5-6-15)20(23)13-26-16-7-8-18-19(11-16)25-10-9-24-18/h1-4,7-8,11,15H,5-6,9-10,12-13H2. The Labute approximate surface area is 156 Å². The summed E-state index contributed by atoms with van der Waals surface area (Å²) in [5.74, 6) is 1.57. The van der Waals surface area contributed by atoms with Crippen LogP contribution in [0.1, 0.15) is 18.4 Å². The van der Waals surface area contributed by atoms with Crippen molar-refractivity contribution in [2.45, 2.75) is 30.3 Å². The summed E-state index contributed by atoms with van der Waals surface area (Å²) in [6.07, 6.45) is 1.99. The number of rotatable bonds is 6. The van der Waals surface area contributed by atoms with E-state index in [1.807, 2.05) is 23.1 Å². The van der Waals surface area contributed by atoms with Crippen LogP contribution in [0.25, 0.3) is 0 Å². The van der Waals surface area contributed by atoms with Crippen molar-refractivity contribution in [2.75, 3.05) is 19.0 Å². The first-order chi connectivity index (χ1) is 12.7.